The molecule has 0 saturated heterocycles. The van der Waals surface area contributed by atoms with E-state index >= 15 is 0 Å². The van der Waals surface area contributed by atoms with Crippen LogP contribution < -0.4 is 0 Å². The molecule has 0 aliphatic heterocycles. The lowest BCUT2D eigenvalue weighted by atomic mass is 9.93. The van der Waals surface area contributed by atoms with E-state index in [-0.39, 0.29) is 0 Å². The zero-order valence-electron chi connectivity index (χ0n) is 7.96. The third-order valence-electron chi connectivity index (χ3n) is 2.41. The Hall–Kier alpha value is -0.980. The minimum absolute atomic E-state index is 0.435. The van der Waals surface area contributed by atoms with Crippen LogP contribution in [0, 0.1) is 6.92 Å². The highest BCUT2D eigenvalue weighted by atomic mass is 16.3. The van der Waals surface area contributed by atoms with Crippen LogP contribution in [0.25, 0.3) is 0 Å². The molecule has 0 heterocycles. The van der Waals surface area contributed by atoms with Crippen LogP contribution >= 0.6 is 0 Å². The topological polar surface area (TPSA) is 20.2 Å². The number of hydrogen-bond donors (Lipinski definition) is 1. The first-order valence-electron chi connectivity index (χ1n) is 4.45. The smallest absolute Gasteiger partial charge is 0.119 e. The Morgan fingerprint density at radius 3 is 2.58 bits per heavy atom. The molecule has 0 amide bonds. The summed E-state index contributed by atoms with van der Waals surface area (Å²) in [5.41, 5.74) is 2.28. The van der Waals surface area contributed by atoms with Gasteiger partial charge in [-0.3, -0.25) is 0 Å². The minimum Gasteiger partial charge on any atom is -0.508 e. The number of benzene rings is 1. The third-order valence-corrected chi connectivity index (χ3v) is 2.41. The molecule has 1 unspecified atom stereocenters. The average Bonchev–Trinajstić information content (AvgIpc) is 2.03. The maximum atomic E-state index is 9.59. The van der Waals surface area contributed by atoms with E-state index in [2.05, 4.69) is 13.8 Å². The lowest BCUT2D eigenvalue weighted by molar-refractivity contribution is 0.461. The summed E-state index contributed by atoms with van der Waals surface area (Å²) < 4.78 is 0. The Labute approximate surface area is 74.1 Å². The van der Waals surface area contributed by atoms with Crippen LogP contribution in [-0.4, -0.2) is 5.11 Å². The number of aromatic hydroxyl groups is 1. The van der Waals surface area contributed by atoms with E-state index in [4.69, 9.17) is 0 Å². The summed E-state index contributed by atoms with van der Waals surface area (Å²) in [6.07, 6.45) is 1.07. The number of phenols is 1. The molecule has 0 aliphatic rings. The zero-order chi connectivity index (χ0) is 9.14. The monoisotopic (exact) mass is 164 g/mol. The first kappa shape index (κ1) is 9.11. The molecule has 0 aromatic heterocycles. The van der Waals surface area contributed by atoms with Crippen molar-refractivity contribution in [2.75, 3.05) is 0 Å². The Kier molecular flexibility index (Phi) is 2.74. The number of phenolic OH excluding ortho intramolecular Hbond substituents is 1. The fraction of sp³-hybridized carbons (Fsp3) is 0.455. The van der Waals surface area contributed by atoms with Crippen molar-refractivity contribution in [1.29, 1.82) is 0 Å². The molecule has 12 heavy (non-hydrogen) atoms. The number of hydrogen-bond acceptors (Lipinski definition) is 1. The summed E-state index contributed by atoms with van der Waals surface area (Å²) in [5.74, 6) is 0.885. The third kappa shape index (κ3) is 1.60. The van der Waals surface area contributed by atoms with Crippen molar-refractivity contribution < 1.29 is 5.11 Å². The lowest BCUT2D eigenvalue weighted by Crippen LogP contribution is -1.95. The summed E-state index contributed by atoms with van der Waals surface area (Å²) >= 11 is 0. The molecule has 0 aliphatic carbocycles. The van der Waals surface area contributed by atoms with Gasteiger partial charge < -0.3 is 5.11 Å². The van der Waals surface area contributed by atoms with Crippen LogP contribution in [0.3, 0.4) is 0 Å². The Morgan fingerprint density at radius 1 is 1.42 bits per heavy atom. The SMILES string of the molecule is CCC(C)c1c(C)cccc1O. The first-order chi connectivity index (χ1) is 5.66. The zero-order valence-corrected chi connectivity index (χ0v) is 7.96. The molecule has 0 bridgehead atoms. The molecule has 66 valence electrons. The predicted molar refractivity (Wildman–Crippen MR) is 51.5 cm³/mol. The molecule has 1 heteroatoms. The maximum absolute atomic E-state index is 9.59. The van der Waals surface area contributed by atoms with Crippen LogP contribution in [0.2, 0.25) is 0 Å². The number of aryl methyl sites for hydroxylation is 1. The summed E-state index contributed by atoms with van der Waals surface area (Å²) in [7, 11) is 0. The molecular weight excluding hydrogens is 148 g/mol. The standard InChI is InChI=1S/C11H16O/c1-4-8(2)11-9(3)6-5-7-10(11)12/h5-8,12H,4H2,1-3H3. The van der Waals surface area contributed by atoms with Crippen molar-refractivity contribution in [2.24, 2.45) is 0 Å². The van der Waals surface area contributed by atoms with Gasteiger partial charge in [0.05, 0.1) is 0 Å². The molecule has 1 aromatic rings. The molecule has 0 saturated carbocycles. The van der Waals surface area contributed by atoms with Gasteiger partial charge in [0.2, 0.25) is 0 Å². The van der Waals surface area contributed by atoms with Gasteiger partial charge >= 0.3 is 0 Å². The second kappa shape index (κ2) is 3.61. The van der Waals surface area contributed by atoms with Crippen molar-refractivity contribution >= 4 is 0 Å². The second-order valence-corrected chi connectivity index (χ2v) is 3.32. The van der Waals surface area contributed by atoms with E-state index in [1.54, 1.807) is 6.07 Å². The molecule has 0 fully saturated rings. The van der Waals surface area contributed by atoms with Crippen LogP contribution in [0.1, 0.15) is 37.3 Å². The van der Waals surface area contributed by atoms with Gasteiger partial charge in [0.15, 0.2) is 0 Å². The molecule has 0 spiro atoms. The van der Waals surface area contributed by atoms with Crippen molar-refractivity contribution in [3.63, 3.8) is 0 Å². The van der Waals surface area contributed by atoms with Crippen molar-refractivity contribution in [3.8, 4) is 5.75 Å². The van der Waals surface area contributed by atoms with Crippen LogP contribution in [-0.2, 0) is 0 Å². The highest BCUT2D eigenvalue weighted by Crippen LogP contribution is 2.30. The van der Waals surface area contributed by atoms with Gasteiger partial charge in [-0.05, 0) is 36.5 Å². The average molecular weight is 164 g/mol. The largest absolute Gasteiger partial charge is 0.508 e. The molecule has 1 aromatic carbocycles. The van der Waals surface area contributed by atoms with Gasteiger partial charge in [0.1, 0.15) is 5.75 Å². The van der Waals surface area contributed by atoms with Gasteiger partial charge in [-0.15, -0.1) is 0 Å². The molecule has 1 rings (SSSR count). The number of rotatable bonds is 2. The molecular formula is C11H16O. The van der Waals surface area contributed by atoms with Crippen LogP contribution in [0.5, 0.6) is 5.75 Å². The summed E-state index contributed by atoms with van der Waals surface area (Å²) in [4.78, 5) is 0. The predicted octanol–water partition coefficient (Wildman–Crippen LogP) is 3.21. The van der Waals surface area contributed by atoms with Gasteiger partial charge in [0.25, 0.3) is 0 Å². The van der Waals surface area contributed by atoms with Gasteiger partial charge in [0, 0.05) is 0 Å². The van der Waals surface area contributed by atoms with E-state index in [0.717, 1.165) is 12.0 Å². The Bertz CT molecular complexity index is 245. The van der Waals surface area contributed by atoms with Gasteiger partial charge in [-0.2, -0.15) is 0 Å². The van der Waals surface area contributed by atoms with E-state index in [0.29, 0.717) is 11.7 Å². The van der Waals surface area contributed by atoms with Crippen LogP contribution in [0.15, 0.2) is 18.2 Å². The molecule has 1 atom stereocenters. The normalized spacial score (nSPS) is 12.9. The van der Waals surface area contributed by atoms with E-state index in [9.17, 15) is 5.11 Å². The van der Waals surface area contributed by atoms with E-state index in [1.165, 1.54) is 5.56 Å². The quantitative estimate of drug-likeness (QED) is 0.711. The highest BCUT2D eigenvalue weighted by molar-refractivity contribution is 5.40. The fourth-order valence-corrected chi connectivity index (χ4v) is 1.51. The molecule has 1 N–H and O–H groups in total. The first-order valence-corrected chi connectivity index (χ1v) is 4.45. The Balaban J connectivity index is 3.12. The molecule has 1 nitrogen and oxygen atoms in total. The van der Waals surface area contributed by atoms with E-state index in [1.807, 2.05) is 19.1 Å². The molecule has 0 radical (unpaired) electrons. The summed E-state index contributed by atoms with van der Waals surface area (Å²) in [6, 6.07) is 5.69. The minimum atomic E-state index is 0.435. The second-order valence-electron chi connectivity index (χ2n) is 3.32. The van der Waals surface area contributed by atoms with Gasteiger partial charge in [-0.25, -0.2) is 0 Å². The van der Waals surface area contributed by atoms with Crippen molar-refractivity contribution in [3.05, 3.63) is 29.3 Å². The summed E-state index contributed by atoms with van der Waals surface area (Å²) in [5, 5.41) is 9.59. The fourth-order valence-electron chi connectivity index (χ4n) is 1.51. The van der Waals surface area contributed by atoms with E-state index < -0.39 is 0 Å². The highest BCUT2D eigenvalue weighted by Gasteiger charge is 2.10. The van der Waals surface area contributed by atoms with Crippen LogP contribution in [0.4, 0.5) is 0 Å². The Morgan fingerprint density at radius 2 is 2.08 bits per heavy atom. The maximum Gasteiger partial charge on any atom is 0.119 e. The van der Waals surface area contributed by atoms with Crippen molar-refractivity contribution in [2.45, 2.75) is 33.1 Å². The summed E-state index contributed by atoms with van der Waals surface area (Å²) in [6.45, 7) is 6.32. The lowest BCUT2D eigenvalue weighted by Gasteiger charge is -2.13. The van der Waals surface area contributed by atoms with Crippen molar-refractivity contribution in [1.82, 2.24) is 0 Å². The van der Waals surface area contributed by atoms with Gasteiger partial charge in [-0.1, -0.05) is 26.0 Å².